The quantitative estimate of drug-likeness (QED) is 0.331. The molecule has 2 aliphatic rings. The number of nitrogens with zero attached hydrogens (tertiary/aromatic N) is 1. The predicted molar refractivity (Wildman–Crippen MR) is 130 cm³/mol. The lowest BCUT2D eigenvalue weighted by Gasteiger charge is -2.22. The Kier molecular flexibility index (Phi) is 6.98. The van der Waals surface area contributed by atoms with Crippen LogP contribution in [0.4, 0.5) is 0 Å². The molecule has 2 aliphatic carbocycles. The number of carbonyl (C=O) groups excluding carboxylic acids is 2. The first-order valence-electron chi connectivity index (χ1n) is 12.1. The van der Waals surface area contributed by atoms with E-state index in [0.29, 0.717) is 17.1 Å². The van der Waals surface area contributed by atoms with E-state index in [2.05, 4.69) is 6.07 Å². The highest BCUT2D eigenvalue weighted by atomic mass is 16.6. The van der Waals surface area contributed by atoms with Crippen molar-refractivity contribution in [3.63, 3.8) is 0 Å². The van der Waals surface area contributed by atoms with Crippen molar-refractivity contribution in [3.8, 4) is 17.6 Å². The summed E-state index contributed by atoms with van der Waals surface area (Å²) >= 11 is 0. The maximum atomic E-state index is 13.0. The van der Waals surface area contributed by atoms with Crippen molar-refractivity contribution in [2.24, 2.45) is 17.3 Å². The molecule has 0 amide bonds. The zero-order valence-corrected chi connectivity index (χ0v) is 20.4. The van der Waals surface area contributed by atoms with Crippen molar-refractivity contribution < 1.29 is 23.8 Å². The summed E-state index contributed by atoms with van der Waals surface area (Å²) in [7, 11) is 0. The van der Waals surface area contributed by atoms with Crippen LogP contribution in [0.25, 0.3) is 0 Å². The van der Waals surface area contributed by atoms with E-state index in [-0.39, 0.29) is 17.3 Å². The second-order valence-corrected chi connectivity index (χ2v) is 10.2. The second kappa shape index (κ2) is 9.95. The molecule has 6 nitrogen and oxygen atoms in total. The van der Waals surface area contributed by atoms with Gasteiger partial charge in [-0.15, -0.1) is 0 Å². The molecule has 0 N–H and O–H groups in total. The predicted octanol–water partition coefficient (Wildman–Crippen LogP) is 6.29. The Labute approximate surface area is 206 Å². The van der Waals surface area contributed by atoms with Crippen molar-refractivity contribution in [3.05, 3.63) is 72.3 Å². The number of allylic oxidation sites excluding steroid dienone is 1. The molecule has 0 spiro atoms. The number of para-hydroxylation sites is 1. The van der Waals surface area contributed by atoms with E-state index in [9.17, 15) is 14.9 Å². The van der Waals surface area contributed by atoms with Gasteiger partial charge in [-0.3, -0.25) is 4.79 Å². The molecule has 0 saturated heterocycles. The Morgan fingerprint density at radius 3 is 2.40 bits per heavy atom. The molecule has 0 aliphatic heterocycles. The van der Waals surface area contributed by atoms with Crippen LogP contribution in [0, 0.1) is 28.6 Å². The third-order valence-corrected chi connectivity index (χ3v) is 7.10. The molecule has 0 aromatic heterocycles. The average Bonchev–Trinajstić information content (AvgIpc) is 3.13. The number of carbonyl (C=O) groups is 2. The number of esters is 2. The first kappa shape index (κ1) is 24.5. The van der Waals surface area contributed by atoms with Crippen molar-refractivity contribution in [2.45, 2.75) is 58.2 Å². The fraction of sp³-hybridized carbons (Fsp3) is 0.414. The maximum absolute atomic E-state index is 13.0. The maximum Gasteiger partial charge on any atom is 0.330 e. The molecule has 3 atom stereocenters. The summed E-state index contributed by atoms with van der Waals surface area (Å²) in [6, 6.07) is 18.3. The second-order valence-electron chi connectivity index (χ2n) is 10.2. The van der Waals surface area contributed by atoms with Crippen LogP contribution in [-0.2, 0) is 19.1 Å². The monoisotopic (exact) mass is 473 g/mol. The molecule has 182 valence electrons. The van der Waals surface area contributed by atoms with Gasteiger partial charge in [-0.05, 0) is 68.2 Å². The summed E-state index contributed by atoms with van der Waals surface area (Å²) in [6.45, 7) is 5.87. The zero-order valence-electron chi connectivity index (χ0n) is 20.4. The molecule has 2 aromatic rings. The highest BCUT2D eigenvalue weighted by Crippen LogP contribution is 2.59. The molecule has 0 radical (unpaired) electrons. The van der Waals surface area contributed by atoms with Crippen LogP contribution in [0.2, 0.25) is 0 Å². The van der Waals surface area contributed by atoms with Crippen molar-refractivity contribution in [1.29, 1.82) is 5.26 Å². The molecule has 4 rings (SSSR count). The van der Waals surface area contributed by atoms with Gasteiger partial charge in [0.2, 0.25) is 6.10 Å². The fourth-order valence-corrected chi connectivity index (χ4v) is 4.90. The first-order chi connectivity index (χ1) is 16.7. The number of benzene rings is 2. The molecule has 0 bridgehead atoms. The number of nitriles is 1. The van der Waals surface area contributed by atoms with Gasteiger partial charge in [0.05, 0.1) is 5.92 Å². The van der Waals surface area contributed by atoms with Gasteiger partial charge in [0.15, 0.2) is 0 Å². The van der Waals surface area contributed by atoms with E-state index in [0.717, 1.165) is 25.7 Å². The Bertz CT molecular complexity index is 1140. The van der Waals surface area contributed by atoms with E-state index < -0.39 is 23.6 Å². The van der Waals surface area contributed by atoms with Crippen LogP contribution >= 0.6 is 0 Å². The van der Waals surface area contributed by atoms with Crippen LogP contribution < -0.4 is 4.74 Å². The summed E-state index contributed by atoms with van der Waals surface area (Å²) in [5, 5.41) is 9.70. The Balaban J connectivity index is 1.38. The highest BCUT2D eigenvalue weighted by Gasteiger charge is 2.61. The molecular weight excluding hydrogens is 442 g/mol. The molecular formula is C29H31NO5. The van der Waals surface area contributed by atoms with Gasteiger partial charge in [0.25, 0.3) is 0 Å². The van der Waals surface area contributed by atoms with Crippen molar-refractivity contribution >= 4 is 11.9 Å². The van der Waals surface area contributed by atoms with Crippen LogP contribution in [0.1, 0.15) is 58.1 Å². The van der Waals surface area contributed by atoms with E-state index >= 15 is 0 Å². The Hall–Kier alpha value is -3.59. The Morgan fingerprint density at radius 1 is 1.03 bits per heavy atom. The molecule has 35 heavy (non-hydrogen) atoms. The van der Waals surface area contributed by atoms with Gasteiger partial charge < -0.3 is 14.2 Å². The number of hydrogen-bond donors (Lipinski definition) is 0. The van der Waals surface area contributed by atoms with Crippen molar-refractivity contribution in [1.82, 2.24) is 0 Å². The van der Waals surface area contributed by atoms with Crippen molar-refractivity contribution in [2.75, 3.05) is 0 Å². The topological polar surface area (TPSA) is 85.6 Å². The van der Waals surface area contributed by atoms with Gasteiger partial charge in [0, 0.05) is 11.6 Å². The minimum Gasteiger partial charge on any atom is -0.457 e. The lowest BCUT2D eigenvalue weighted by molar-refractivity contribution is -0.151. The van der Waals surface area contributed by atoms with Gasteiger partial charge in [0.1, 0.15) is 23.2 Å². The molecule has 2 fully saturated rings. The average molecular weight is 474 g/mol. The molecule has 2 saturated carbocycles. The highest BCUT2D eigenvalue weighted by molar-refractivity contribution is 5.84. The lowest BCUT2D eigenvalue weighted by atomic mass is 10.1. The minimum atomic E-state index is -1.06. The van der Waals surface area contributed by atoms with E-state index in [1.807, 2.05) is 51.1 Å². The lowest BCUT2D eigenvalue weighted by Crippen LogP contribution is -2.27. The van der Waals surface area contributed by atoms with Crippen LogP contribution in [0.5, 0.6) is 11.5 Å². The zero-order chi connectivity index (χ0) is 25.1. The number of rotatable bonds is 8. The van der Waals surface area contributed by atoms with Gasteiger partial charge in [-0.1, -0.05) is 50.3 Å². The summed E-state index contributed by atoms with van der Waals surface area (Å²) in [5.74, 6) is -0.215. The summed E-state index contributed by atoms with van der Waals surface area (Å²) in [6.07, 6.45) is 6.00. The first-order valence-corrected chi connectivity index (χ1v) is 12.1. The third kappa shape index (κ3) is 5.74. The Morgan fingerprint density at radius 2 is 1.71 bits per heavy atom. The summed E-state index contributed by atoms with van der Waals surface area (Å²) in [5.41, 5.74) is -0.228. The molecule has 0 heterocycles. The number of ether oxygens (including phenoxy) is 3. The minimum absolute atomic E-state index is 0.161. The summed E-state index contributed by atoms with van der Waals surface area (Å²) < 4.78 is 17.1. The molecule has 2 aromatic carbocycles. The number of hydrogen-bond acceptors (Lipinski definition) is 6. The third-order valence-electron chi connectivity index (χ3n) is 7.10. The molecule has 6 heteroatoms. The standard InChI is InChI=1S/C29H31NO5/c1-28(2)23(14-15-25(31)35-29(3)16-7-8-17-29)26(28)27(32)34-24(19-30)20-10-9-13-22(18-20)33-21-11-5-4-6-12-21/h4-6,9-15,18,23-24,26H,7-8,16-17H2,1-3H3/b15-14-/t23-,24+,26-/m0/s1. The van der Waals surface area contributed by atoms with E-state index in [1.165, 1.54) is 6.08 Å². The smallest absolute Gasteiger partial charge is 0.330 e. The van der Waals surface area contributed by atoms with Gasteiger partial charge in [-0.25, -0.2) is 4.79 Å². The summed E-state index contributed by atoms with van der Waals surface area (Å²) in [4.78, 5) is 25.3. The van der Waals surface area contributed by atoms with E-state index in [1.54, 1.807) is 30.3 Å². The van der Waals surface area contributed by atoms with Crippen LogP contribution in [-0.4, -0.2) is 17.5 Å². The van der Waals surface area contributed by atoms with Crippen LogP contribution in [0.15, 0.2) is 66.7 Å². The van der Waals surface area contributed by atoms with Gasteiger partial charge >= 0.3 is 11.9 Å². The largest absolute Gasteiger partial charge is 0.457 e. The molecule has 0 unspecified atom stereocenters. The van der Waals surface area contributed by atoms with Gasteiger partial charge in [-0.2, -0.15) is 5.26 Å². The SMILES string of the molecule is CC1(OC(=O)/C=C\[C@H]2[C@@H](C(=O)O[C@H](C#N)c3cccc(Oc4ccccc4)c3)C2(C)C)CCCC1. The van der Waals surface area contributed by atoms with Crippen LogP contribution in [0.3, 0.4) is 0 Å². The fourth-order valence-electron chi connectivity index (χ4n) is 4.90. The van der Waals surface area contributed by atoms with E-state index in [4.69, 9.17) is 14.2 Å². The normalized spacial score (nSPS) is 22.7.